The molecule has 0 saturated carbocycles. The summed E-state index contributed by atoms with van der Waals surface area (Å²) in [5.41, 5.74) is 2.45. The van der Waals surface area contributed by atoms with E-state index in [0.29, 0.717) is 11.4 Å². The van der Waals surface area contributed by atoms with Gasteiger partial charge in [-0.2, -0.15) is 5.26 Å². The molecule has 0 unspecified atom stereocenters. The van der Waals surface area contributed by atoms with Crippen LogP contribution < -0.4 is 10.2 Å². The lowest BCUT2D eigenvalue weighted by molar-refractivity contribution is 0.436. The number of hydrogen-bond acceptors (Lipinski definition) is 5. The van der Waals surface area contributed by atoms with Crippen molar-refractivity contribution >= 4 is 17.3 Å². The lowest BCUT2D eigenvalue weighted by atomic mass is 9.99. The Labute approximate surface area is 165 Å². The molecule has 140 valence electrons. The normalized spacial score (nSPS) is 14.5. The minimum atomic E-state index is 0.618. The quantitative estimate of drug-likeness (QED) is 0.701. The van der Waals surface area contributed by atoms with Gasteiger partial charge in [-0.1, -0.05) is 43.3 Å². The maximum absolute atomic E-state index is 9.15. The van der Waals surface area contributed by atoms with Crippen LogP contribution in [0.1, 0.15) is 25.3 Å². The molecule has 1 aliphatic rings. The summed E-state index contributed by atoms with van der Waals surface area (Å²) in [6.07, 6.45) is 2.36. The lowest BCUT2D eigenvalue weighted by Gasteiger charge is -2.31. The van der Waals surface area contributed by atoms with Gasteiger partial charge in [-0.25, -0.2) is 9.97 Å². The molecule has 4 rings (SSSR count). The van der Waals surface area contributed by atoms with Crippen LogP contribution in [0, 0.1) is 17.2 Å². The first-order valence-corrected chi connectivity index (χ1v) is 9.68. The molecule has 5 heteroatoms. The highest BCUT2D eigenvalue weighted by molar-refractivity contribution is 5.66. The molecule has 1 saturated heterocycles. The Morgan fingerprint density at radius 2 is 1.79 bits per heavy atom. The number of rotatable bonds is 4. The lowest BCUT2D eigenvalue weighted by Crippen LogP contribution is -2.33. The molecule has 2 aromatic carbocycles. The number of benzene rings is 2. The predicted octanol–water partition coefficient (Wildman–Crippen LogP) is 5.00. The molecule has 0 amide bonds. The molecule has 2 heterocycles. The van der Waals surface area contributed by atoms with Gasteiger partial charge in [0.2, 0.25) is 0 Å². The van der Waals surface area contributed by atoms with Gasteiger partial charge in [-0.3, -0.25) is 0 Å². The number of nitrogens with zero attached hydrogens (tertiary/aromatic N) is 4. The van der Waals surface area contributed by atoms with Gasteiger partial charge in [0.1, 0.15) is 11.6 Å². The van der Waals surface area contributed by atoms with Gasteiger partial charge in [-0.15, -0.1) is 0 Å². The number of anilines is 3. The van der Waals surface area contributed by atoms with Crippen molar-refractivity contribution in [2.75, 3.05) is 23.3 Å². The Bertz CT molecular complexity index is 985. The maximum atomic E-state index is 9.15. The summed E-state index contributed by atoms with van der Waals surface area (Å²) in [6, 6.07) is 21.6. The van der Waals surface area contributed by atoms with Crippen LogP contribution in [-0.2, 0) is 0 Å². The first kappa shape index (κ1) is 18.0. The fourth-order valence-electron chi connectivity index (χ4n) is 3.43. The van der Waals surface area contributed by atoms with Gasteiger partial charge in [0.15, 0.2) is 5.82 Å². The van der Waals surface area contributed by atoms with E-state index in [0.717, 1.165) is 41.9 Å². The summed E-state index contributed by atoms with van der Waals surface area (Å²) in [5, 5.41) is 12.5. The summed E-state index contributed by atoms with van der Waals surface area (Å²) in [5.74, 6) is 3.14. The van der Waals surface area contributed by atoms with Crippen molar-refractivity contribution in [3.05, 3.63) is 66.2 Å². The second-order valence-corrected chi connectivity index (χ2v) is 7.29. The van der Waals surface area contributed by atoms with Gasteiger partial charge in [-0.05, 0) is 37.0 Å². The third-order valence-corrected chi connectivity index (χ3v) is 5.12. The Morgan fingerprint density at radius 3 is 2.54 bits per heavy atom. The SMILES string of the molecule is CC1CCN(c2cc(Nc3cccc(C#N)c3)nc(-c3ccccc3)n2)CC1. The standard InChI is InChI=1S/C23H23N5/c1-17-10-12-28(13-11-17)22-15-21(25-20-9-5-6-18(14-20)16-24)26-23(27-22)19-7-3-2-4-8-19/h2-9,14-15,17H,10-13H2,1H3,(H,25,26,27). The van der Waals surface area contributed by atoms with Crippen LogP contribution in [0.15, 0.2) is 60.7 Å². The van der Waals surface area contributed by atoms with Crippen molar-refractivity contribution < 1.29 is 0 Å². The molecule has 1 fully saturated rings. The fraction of sp³-hybridized carbons (Fsp3) is 0.261. The van der Waals surface area contributed by atoms with Gasteiger partial charge >= 0.3 is 0 Å². The minimum Gasteiger partial charge on any atom is -0.356 e. The first-order chi connectivity index (χ1) is 13.7. The van der Waals surface area contributed by atoms with Gasteiger partial charge in [0.25, 0.3) is 0 Å². The van der Waals surface area contributed by atoms with Crippen LogP contribution in [0.4, 0.5) is 17.3 Å². The third kappa shape index (κ3) is 4.12. The number of aromatic nitrogens is 2. The third-order valence-electron chi connectivity index (χ3n) is 5.12. The Kier molecular flexibility index (Phi) is 5.20. The number of hydrogen-bond donors (Lipinski definition) is 1. The maximum Gasteiger partial charge on any atom is 0.163 e. The predicted molar refractivity (Wildman–Crippen MR) is 113 cm³/mol. The molecule has 1 aliphatic heterocycles. The highest BCUT2D eigenvalue weighted by Crippen LogP contribution is 2.27. The van der Waals surface area contributed by atoms with Crippen molar-refractivity contribution in [2.24, 2.45) is 5.92 Å². The number of nitrogens with one attached hydrogen (secondary N) is 1. The van der Waals surface area contributed by atoms with E-state index in [-0.39, 0.29) is 0 Å². The molecule has 1 N–H and O–H groups in total. The van der Waals surface area contributed by atoms with Gasteiger partial charge in [0, 0.05) is 30.4 Å². The minimum absolute atomic E-state index is 0.618. The second kappa shape index (κ2) is 8.10. The second-order valence-electron chi connectivity index (χ2n) is 7.29. The Morgan fingerprint density at radius 1 is 1.00 bits per heavy atom. The summed E-state index contributed by atoms with van der Waals surface area (Å²) in [4.78, 5) is 11.9. The zero-order chi connectivity index (χ0) is 19.3. The largest absolute Gasteiger partial charge is 0.356 e. The van der Waals surface area contributed by atoms with E-state index in [9.17, 15) is 0 Å². The molecule has 0 bridgehead atoms. The highest BCUT2D eigenvalue weighted by atomic mass is 15.2. The van der Waals surface area contributed by atoms with Crippen LogP contribution in [-0.4, -0.2) is 23.1 Å². The van der Waals surface area contributed by atoms with E-state index < -0.39 is 0 Å². The number of piperidine rings is 1. The van der Waals surface area contributed by atoms with Crippen molar-refractivity contribution in [3.63, 3.8) is 0 Å². The van der Waals surface area contributed by atoms with Crippen LogP contribution >= 0.6 is 0 Å². The van der Waals surface area contributed by atoms with Gasteiger partial charge < -0.3 is 10.2 Å². The summed E-state index contributed by atoms with van der Waals surface area (Å²) in [6.45, 7) is 4.33. The zero-order valence-corrected chi connectivity index (χ0v) is 16.0. The molecule has 5 nitrogen and oxygen atoms in total. The van der Waals surface area contributed by atoms with Crippen LogP contribution in [0.5, 0.6) is 0 Å². The van der Waals surface area contributed by atoms with Crippen molar-refractivity contribution in [2.45, 2.75) is 19.8 Å². The molecule has 1 aromatic heterocycles. The summed E-state index contributed by atoms with van der Waals surface area (Å²) in [7, 11) is 0. The molecule has 28 heavy (non-hydrogen) atoms. The average molecular weight is 369 g/mol. The van der Waals surface area contributed by atoms with E-state index in [4.69, 9.17) is 15.2 Å². The molecule has 0 aliphatic carbocycles. The molecular weight excluding hydrogens is 346 g/mol. The van der Waals surface area contributed by atoms with E-state index in [1.165, 1.54) is 12.8 Å². The smallest absolute Gasteiger partial charge is 0.163 e. The highest BCUT2D eigenvalue weighted by Gasteiger charge is 2.19. The molecule has 0 spiro atoms. The fourth-order valence-corrected chi connectivity index (χ4v) is 3.43. The number of nitriles is 1. The topological polar surface area (TPSA) is 64.8 Å². The van der Waals surface area contributed by atoms with Gasteiger partial charge in [0.05, 0.1) is 11.6 Å². The van der Waals surface area contributed by atoms with E-state index in [2.05, 4.69) is 23.2 Å². The first-order valence-electron chi connectivity index (χ1n) is 9.68. The van der Waals surface area contributed by atoms with Crippen molar-refractivity contribution in [3.8, 4) is 17.5 Å². The van der Waals surface area contributed by atoms with E-state index in [1.54, 1.807) is 6.07 Å². The summed E-state index contributed by atoms with van der Waals surface area (Å²) >= 11 is 0. The summed E-state index contributed by atoms with van der Waals surface area (Å²) < 4.78 is 0. The Balaban J connectivity index is 1.70. The Hall–Kier alpha value is -3.39. The molecule has 0 atom stereocenters. The molecular formula is C23H23N5. The van der Waals surface area contributed by atoms with Crippen LogP contribution in [0.25, 0.3) is 11.4 Å². The van der Waals surface area contributed by atoms with Crippen molar-refractivity contribution in [1.82, 2.24) is 9.97 Å². The van der Waals surface area contributed by atoms with Crippen LogP contribution in [0.2, 0.25) is 0 Å². The average Bonchev–Trinajstić information content (AvgIpc) is 2.75. The zero-order valence-electron chi connectivity index (χ0n) is 16.0. The van der Waals surface area contributed by atoms with E-state index in [1.807, 2.05) is 54.6 Å². The monoisotopic (exact) mass is 369 g/mol. The molecule has 0 radical (unpaired) electrons. The van der Waals surface area contributed by atoms with Crippen LogP contribution in [0.3, 0.4) is 0 Å². The van der Waals surface area contributed by atoms with Crippen molar-refractivity contribution in [1.29, 1.82) is 5.26 Å². The molecule has 3 aromatic rings. The van der Waals surface area contributed by atoms with E-state index >= 15 is 0 Å².